The van der Waals surface area contributed by atoms with Crippen LogP contribution in [0.5, 0.6) is 0 Å². The Labute approximate surface area is 109 Å². The molecule has 0 amide bonds. The highest BCUT2D eigenvalue weighted by molar-refractivity contribution is 7.92. The Kier molecular flexibility index (Phi) is 6.67. The van der Waals surface area contributed by atoms with E-state index < -0.39 is 10.0 Å². The quantitative estimate of drug-likeness (QED) is 0.669. The molecule has 0 radical (unpaired) electrons. The summed E-state index contributed by atoms with van der Waals surface area (Å²) in [6.45, 7) is 3.96. The monoisotopic (exact) mass is 271 g/mol. The molecule has 0 spiro atoms. The van der Waals surface area contributed by atoms with Crippen molar-refractivity contribution < 1.29 is 8.42 Å². The number of anilines is 1. The van der Waals surface area contributed by atoms with Gasteiger partial charge >= 0.3 is 0 Å². The lowest BCUT2D eigenvalue weighted by Crippen LogP contribution is -2.19. The third-order valence-electron chi connectivity index (χ3n) is 2.38. The van der Waals surface area contributed by atoms with Crippen LogP contribution in [0.3, 0.4) is 0 Å². The van der Waals surface area contributed by atoms with E-state index in [1.807, 2.05) is 0 Å². The van der Waals surface area contributed by atoms with E-state index in [0.29, 0.717) is 12.1 Å². The van der Waals surface area contributed by atoms with E-state index in [9.17, 15) is 8.42 Å². The summed E-state index contributed by atoms with van der Waals surface area (Å²) in [4.78, 5) is 3.86. The molecular weight excluding hydrogens is 250 g/mol. The largest absolute Gasteiger partial charge is 0.317 e. The maximum atomic E-state index is 11.7. The minimum absolute atomic E-state index is 0.149. The van der Waals surface area contributed by atoms with Crippen LogP contribution in [-0.4, -0.2) is 32.2 Å². The Balaban J connectivity index is 2.24. The highest BCUT2D eigenvalue weighted by atomic mass is 32.2. The van der Waals surface area contributed by atoms with Crippen LogP contribution < -0.4 is 10.0 Å². The Hall–Kier alpha value is -1.14. The molecule has 1 rings (SSSR count). The van der Waals surface area contributed by atoms with Crippen molar-refractivity contribution >= 4 is 15.7 Å². The van der Waals surface area contributed by atoms with Gasteiger partial charge in [-0.2, -0.15) is 0 Å². The second kappa shape index (κ2) is 8.05. The average Bonchev–Trinajstić information content (AvgIpc) is 2.34. The summed E-state index contributed by atoms with van der Waals surface area (Å²) < 4.78 is 26.0. The molecule has 0 aliphatic heterocycles. The average molecular weight is 271 g/mol. The fourth-order valence-electron chi connectivity index (χ4n) is 1.50. The standard InChI is InChI=1S/C12H21N3O2S/c1-2-7-13-8-3-4-10-18(16,17)15-12-6-5-9-14-11-12/h5-6,9,11,13,15H,2-4,7-8,10H2,1H3. The summed E-state index contributed by atoms with van der Waals surface area (Å²) in [6.07, 6.45) is 5.73. The van der Waals surface area contributed by atoms with Crippen LogP contribution in [0.4, 0.5) is 5.69 Å². The van der Waals surface area contributed by atoms with Crippen LogP contribution in [0.25, 0.3) is 0 Å². The molecule has 0 atom stereocenters. The van der Waals surface area contributed by atoms with Gasteiger partial charge in [0.15, 0.2) is 0 Å². The lowest BCUT2D eigenvalue weighted by Gasteiger charge is -2.07. The number of aromatic nitrogens is 1. The van der Waals surface area contributed by atoms with E-state index in [1.54, 1.807) is 18.3 Å². The Morgan fingerprint density at radius 1 is 1.28 bits per heavy atom. The molecule has 0 saturated heterocycles. The SMILES string of the molecule is CCCNCCCCS(=O)(=O)Nc1cccnc1. The van der Waals surface area contributed by atoms with E-state index >= 15 is 0 Å². The molecule has 1 heterocycles. The second-order valence-corrected chi connectivity index (χ2v) is 5.96. The van der Waals surface area contributed by atoms with Crippen molar-refractivity contribution in [1.29, 1.82) is 0 Å². The molecule has 0 bridgehead atoms. The zero-order valence-electron chi connectivity index (χ0n) is 10.7. The Morgan fingerprint density at radius 3 is 2.78 bits per heavy atom. The van der Waals surface area contributed by atoms with E-state index in [-0.39, 0.29) is 5.75 Å². The summed E-state index contributed by atoms with van der Waals surface area (Å²) in [5, 5.41) is 3.25. The van der Waals surface area contributed by atoms with Crippen LogP contribution in [0.2, 0.25) is 0 Å². The first-order valence-electron chi connectivity index (χ1n) is 6.25. The highest BCUT2D eigenvalue weighted by Gasteiger charge is 2.09. The van der Waals surface area contributed by atoms with Gasteiger partial charge < -0.3 is 5.32 Å². The summed E-state index contributed by atoms with van der Waals surface area (Å²) in [5.74, 6) is 0.149. The molecule has 0 aliphatic rings. The van der Waals surface area contributed by atoms with Crippen LogP contribution in [0.15, 0.2) is 24.5 Å². The Bertz CT molecular complexity index is 420. The smallest absolute Gasteiger partial charge is 0.232 e. The number of nitrogens with one attached hydrogen (secondary N) is 2. The molecule has 1 aromatic heterocycles. The molecule has 18 heavy (non-hydrogen) atoms. The number of unbranched alkanes of at least 4 members (excludes halogenated alkanes) is 1. The highest BCUT2D eigenvalue weighted by Crippen LogP contribution is 2.07. The van der Waals surface area contributed by atoms with Crippen LogP contribution in [0, 0.1) is 0 Å². The first-order chi connectivity index (χ1) is 8.64. The van der Waals surface area contributed by atoms with Crippen molar-refractivity contribution in [2.45, 2.75) is 26.2 Å². The number of hydrogen-bond donors (Lipinski definition) is 2. The van der Waals surface area contributed by atoms with Crippen molar-refractivity contribution in [1.82, 2.24) is 10.3 Å². The zero-order chi connectivity index (χ0) is 13.3. The van der Waals surface area contributed by atoms with Crippen molar-refractivity contribution in [2.24, 2.45) is 0 Å². The number of pyridine rings is 1. The van der Waals surface area contributed by atoms with Crippen molar-refractivity contribution in [3.8, 4) is 0 Å². The predicted molar refractivity (Wildman–Crippen MR) is 74.0 cm³/mol. The molecule has 6 heteroatoms. The molecule has 0 aliphatic carbocycles. The fourth-order valence-corrected chi connectivity index (χ4v) is 2.66. The molecule has 0 fully saturated rings. The van der Waals surface area contributed by atoms with Gasteiger partial charge in [-0.05, 0) is 44.5 Å². The second-order valence-electron chi connectivity index (χ2n) is 4.12. The zero-order valence-corrected chi connectivity index (χ0v) is 11.5. The van der Waals surface area contributed by atoms with E-state index in [0.717, 1.165) is 25.9 Å². The maximum absolute atomic E-state index is 11.7. The molecule has 0 unspecified atom stereocenters. The van der Waals surface area contributed by atoms with Gasteiger partial charge in [-0.3, -0.25) is 9.71 Å². The minimum atomic E-state index is -3.25. The number of sulfonamides is 1. The molecule has 0 aromatic carbocycles. The van der Waals surface area contributed by atoms with Crippen molar-refractivity contribution in [2.75, 3.05) is 23.6 Å². The lowest BCUT2D eigenvalue weighted by molar-refractivity contribution is 0.590. The molecule has 2 N–H and O–H groups in total. The van der Waals surface area contributed by atoms with Crippen molar-refractivity contribution in [3.05, 3.63) is 24.5 Å². The van der Waals surface area contributed by atoms with Gasteiger partial charge in [0.2, 0.25) is 10.0 Å². The first kappa shape index (κ1) is 14.9. The summed E-state index contributed by atoms with van der Waals surface area (Å²) in [5.41, 5.74) is 0.515. The molecular formula is C12H21N3O2S. The van der Waals surface area contributed by atoms with Gasteiger partial charge in [-0.15, -0.1) is 0 Å². The van der Waals surface area contributed by atoms with Gasteiger partial charge in [-0.25, -0.2) is 8.42 Å². The van der Waals surface area contributed by atoms with Gasteiger partial charge in [-0.1, -0.05) is 6.92 Å². The number of rotatable bonds is 9. The van der Waals surface area contributed by atoms with E-state index in [4.69, 9.17) is 0 Å². The predicted octanol–water partition coefficient (Wildman–Crippen LogP) is 1.60. The molecule has 0 saturated carbocycles. The maximum Gasteiger partial charge on any atom is 0.232 e. The third kappa shape index (κ3) is 6.56. The number of hydrogen-bond acceptors (Lipinski definition) is 4. The van der Waals surface area contributed by atoms with E-state index in [2.05, 4.69) is 21.9 Å². The van der Waals surface area contributed by atoms with Crippen LogP contribution >= 0.6 is 0 Å². The topological polar surface area (TPSA) is 71.1 Å². The number of nitrogens with zero attached hydrogens (tertiary/aromatic N) is 1. The van der Waals surface area contributed by atoms with Gasteiger partial charge in [0.05, 0.1) is 17.6 Å². The molecule has 5 nitrogen and oxygen atoms in total. The Morgan fingerprint density at radius 2 is 2.11 bits per heavy atom. The first-order valence-corrected chi connectivity index (χ1v) is 7.90. The third-order valence-corrected chi connectivity index (χ3v) is 3.75. The fraction of sp³-hybridized carbons (Fsp3) is 0.583. The van der Waals surface area contributed by atoms with Gasteiger partial charge in [0.25, 0.3) is 0 Å². The van der Waals surface area contributed by atoms with Gasteiger partial charge in [0, 0.05) is 6.20 Å². The van der Waals surface area contributed by atoms with Crippen LogP contribution in [0.1, 0.15) is 26.2 Å². The van der Waals surface area contributed by atoms with Gasteiger partial charge in [0.1, 0.15) is 0 Å². The van der Waals surface area contributed by atoms with E-state index in [1.165, 1.54) is 6.20 Å². The summed E-state index contributed by atoms with van der Waals surface area (Å²) in [6, 6.07) is 3.39. The van der Waals surface area contributed by atoms with Crippen LogP contribution in [-0.2, 0) is 10.0 Å². The van der Waals surface area contributed by atoms with Crippen molar-refractivity contribution in [3.63, 3.8) is 0 Å². The lowest BCUT2D eigenvalue weighted by atomic mass is 10.3. The normalized spacial score (nSPS) is 11.4. The summed E-state index contributed by atoms with van der Waals surface area (Å²) in [7, 11) is -3.25. The summed E-state index contributed by atoms with van der Waals surface area (Å²) >= 11 is 0. The molecule has 1 aromatic rings. The molecule has 102 valence electrons. The minimum Gasteiger partial charge on any atom is -0.317 e.